The summed E-state index contributed by atoms with van der Waals surface area (Å²) in [5.41, 5.74) is -0.581. The van der Waals surface area contributed by atoms with Crippen LogP contribution in [0.2, 0.25) is 0 Å². The van der Waals surface area contributed by atoms with Crippen molar-refractivity contribution in [3.63, 3.8) is 0 Å². The van der Waals surface area contributed by atoms with Gasteiger partial charge in [0.1, 0.15) is 0 Å². The first-order valence-corrected chi connectivity index (χ1v) is 4.41. The van der Waals surface area contributed by atoms with Crippen molar-refractivity contribution in [1.82, 2.24) is 10.2 Å². The average Bonchev–Trinajstić information content (AvgIpc) is 2.50. The lowest BCUT2D eigenvalue weighted by Crippen LogP contribution is -2.28. The number of hydrogen-bond donors (Lipinski definition) is 3. The zero-order valence-corrected chi connectivity index (χ0v) is 8.79. The second-order valence-corrected chi connectivity index (χ2v) is 4.16. The number of nitrogens with one attached hydrogen (secondary N) is 2. The van der Waals surface area contributed by atoms with Crippen molar-refractivity contribution in [2.24, 2.45) is 5.41 Å². The molecule has 0 fully saturated rings. The summed E-state index contributed by atoms with van der Waals surface area (Å²) in [4.78, 5) is 22.2. The van der Waals surface area contributed by atoms with E-state index in [0.717, 1.165) is 0 Å². The van der Waals surface area contributed by atoms with Crippen LogP contribution < -0.4 is 5.32 Å². The van der Waals surface area contributed by atoms with Gasteiger partial charge < -0.3 is 10.4 Å². The Morgan fingerprint density at radius 2 is 2.07 bits per heavy atom. The average molecular weight is 211 g/mol. The zero-order chi connectivity index (χ0) is 11.6. The summed E-state index contributed by atoms with van der Waals surface area (Å²) in [5.74, 6) is -1.44. The van der Waals surface area contributed by atoms with Crippen molar-refractivity contribution in [2.45, 2.75) is 20.8 Å². The number of carbonyl (C=O) groups is 2. The zero-order valence-electron chi connectivity index (χ0n) is 8.79. The van der Waals surface area contributed by atoms with Gasteiger partial charge in [-0.25, -0.2) is 4.79 Å². The Bertz CT molecular complexity index is 390. The van der Waals surface area contributed by atoms with Gasteiger partial charge in [-0.3, -0.25) is 9.89 Å². The van der Waals surface area contributed by atoms with E-state index >= 15 is 0 Å². The maximum absolute atomic E-state index is 11.6. The van der Waals surface area contributed by atoms with E-state index in [1.807, 2.05) is 0 Å². The van der Waals surface area contributed by atoms with E-state index in [1.54, 1.807) is 20.8 Å². The summed E-state index contributed by atoms with van der Waals surface area (Å²) in [6.45, 7) is 5.22. The third-order valence-corrected chi connectivity index (χ3v) is 1.77. The quantitative estimate of drug-likeness (QED) is 0.682. The second-order valence-electron chi connectivity index (χ2n) is 4.16. The Morgan fingerprint density at radius 3 is 2.53 bits per heavy atom. The van der Waals surface area contributed by atoms with Gasteiger partial charge in [0.2, 0.25) is 5.91 Å². The predicted molar refractivity (Wildman–Crippen MR) is 53.6 cm³/mol. The number of amides is 1. The molecule has 1 aromatic rings. The van der Waals surface area contributed by atoms with Gasteiger partial charge in [-0.15, -0.1) is 0 Å². The summed E-state index contributed by atoms with van der Waals surface area (Å²) in [6.07, 6.45) is 1.34. The van der Waals surface area contributed by atoms with Gasteiger partial charge in [-0.05, 0) is 0 Å². The number of H-pyrrole nitrogens is 1. The molecule has 15 heavy (non-hydrogen) atoms. The van der Waals surface area contributed by atoms with Gasteiger partial charge in [-0.1, -0.05) is 20.8 Å². The number of aromatic amines is 1. The highest BCUT2D eigenvalue weighted by Gasteiger charge is 2.24. The lowest BCUT2D eigenvalue weighted by molar-refractivity contribution is -0.123. The molecular formula is C9H13N3O3. The number of aromatic carboxylic acids is 1. The van der Waals surface area contributed by atoms with Crippen LogP contribution in [0.3, 0.4) is 0 Å². The van der Waals surface area contributed by atoms with Crippen LogP contribution in [-0.2, 0) is 4.79 Å². The number of carboxylic acids is 1. The smallest absolute Gasteiger partial charge is 0.358 e. The molecule has 82 valence electrons. The lowest BCUT2D eigenvalue weighted by Gasteiger charge is -2.16. The first-order chi connectivity index (χ1) is 6.82. The number of rotatable bonds is 2. The molecular weight excluding hydrogens is 198 g/mol. The molecule has 0 aliphatic heterocycles. The molecule has 0 aliphatic rings. The molecule has 0 unspecified atom stereocenters. The Labute approximate surface area is 86.7 Å². The van der Waals surface area contributed by atoms with Gasteiger partial charge in [0.25, 0.3) is 0 Å². The molecule has 1 amide bonds. The van der Waals surface area contributed by atoms with Crippen LogP contribution in [-0.4, -0.2) is 27.2 Å². The minimum Gasteiger partial charge on any atom is -0.476 e. The summed E-state index contributed by atoms with van der Waals surface area (Å²) < 4.78 is 0. The molecule has 0 bridgehead atoms. The van der Waals surface area contributed by atoms with E-state index in [0.29, 0.717) is 0 Å². The Kier molecular flexibility index (Phi) is 2.78. The molecule has 1 aromatic heterocycles. The lowest BCUT2D eigenvalue weighted by atomic mass is 9.95. The number of carboxylic acid groups (broad SMARTS) is 1. The molecule has 0 spiro atoms. The Hall–Kier alpha value is -1.85. The molecule has 0 atom stereocenters. The second kappa shape index (κ2) is 3.72. The summed E-state index contributed by atoms with van der Waals surface area (Å²) in [6, 6.07) is 0. The van der Waals surface area contributed by atoms with E-state index in [9.17, 15) is 9.59 Å². The van der Waals surface area contributed by atoms with Crippen molar-refractivity contribution in [3.05, 3.63) is 11.9 Å². The first-order valence-electron chi connectivity index (χ1n) is 4.41. The summed E-state index contributed by atoms with van der Waals surface area (Å²) >= 11 is 0. The third kappa shape index (κ3) is 2.55. The third-order valence-electron chi connectivity index (χ3n) is 1.77. The van der Waals surface area contributed by atoms with Crippen LogP contribution >= 0.6 is 0 Å². The topological polar surface area (TPSA) is 95.1 Å². The van der Waals surface area contributed by atoms with E-state index < -0.39 is 11.4 Å². The maximum Gasteiger partial charge on any atom is 0.358 e. The molecule has 1 rings (SSSR count). The van der Waals surface area contributed by atoms with Gasteiger partial charge >= 0.3 is 5.97 Å². The highest BCUT2D eigenvalue weighted by atomic mass is 16.4. The SMILES string of the molecule is CC(C)(C)C(=O)Nc1c[nH]nc1C(=O)O. The van der Waals surface area contributed by atoms with Crippen molar-refractivity contribution in [3.8, 4) is 0 Å². The molecule has 0 saturated heterocycles. The monoisotopic (exact) mass is 211 g/mol. The number of anilines is 1. The molecule has 0 aromatic carbocycles. The minimum atomic E-state index is -1.18. The van der Waals surface area contributed by atoms with Crippen LogP contribution in [0.25, 0.3) is 0 Å². The van der Waals surface area contributed by atoms with Crippen molar-refractivity contribution in [2.75, 3.05) is 5.32 Å². The minimum absolute atomic E-state index is 0.183. The largest absolute Gasteiger partial charge is 0.476 e. The van der Waals surface area contributed by atoms with Crippen LogP contribution in [0.1, 0.15) is 31.3 Å². The van der Waals surface area contributed by atoms with Gasteiger partial charge in [0.05, 0.1) is 5.69 Å². The summed E-state index contributed by atoms with van der Waals surface area (Å²) in [5, 5.41) is 17.1. The molecule has 6 heteroatoms. The highest BCUT2D eigenvalue weighted by molar-refractivity contribution is 6.00. The van der Waals surface area contributed by atoms with Crippen LogP contribution in [0.15, 0.2) is 6.20 Å². The number of hydrogen-bond acceptors (Lipinski definition) is 3. The molecule has 6 nitrogen and oxygen atoms in total. The highest BCUT2D eigenvalue weighted by Crippen LogP contribution is 2.18. The van der Waals surface area contributed by atoms with Gasteiger partial charge in [0, 0.05) is 11.6 Å². The predicted octanol–water partition coefficient (Wildman–Crippen LogP) is 1.09. The standard InChI is InChI=1S/C9H13N3O3/c1-9(2,3)8(15)11-5-4-10-12-6(5)7(13)14/h4H,1-3H3,(H,10,12)(H,11,15)(H,13,14). The Balaban J connectivity index is 2.86. The number of aromatic nitrogens is 2. The van der Waals surface area contributed by atoms with E-state index in [-0.39, 0.29) is 17.3 Å². The molecule has 0 saturated carbocycles. The Morgan fingerprint density at radius 1 is 1.47 bits per heavy atom. The number of nitrogens with zero attached hydrogens (tertiary/aromatic N) is 1. The molecule has 3 N–H and O–H groups in total. The summed E-state index contributed by atoms with van der Waals surface area (Å²) in [7, 11) is 0. The maximum atomic E-state index is 11.6. The van der Waals surface area contributed by atoms with Gasteiger partial charge in [0.15, 0.2) is 5.69 Å². The van der Waals surface area contributed by atoms with Crippen molar-refractivity contribution < 1.29 is 14.7 Å². The molecule has 0 aliphatic carbocycles. The van der Waals surface area contributed by atoms with Crippen molar-refractivity contribution >= 4 is 17.6 Å². The van der Waals surface area contributed by atoms with Crippen LogP contribution in [0.4, 0.5) is 5.69 Å². The normalized spacial score (nSPS) is 11.1. The van der Waals surface area contributed by atoms with Crippen LogP contribution in [0, 0.1) is 5.41 Å². The van der Waals surface area contributed by atoms with Gasteiger partial charge in [-0.2, -0.15) is 5.10 Å². The molecule has 1 heterocycles. The van der Waals surface area contributed by atoms with E-state index in [2.05, 4.69) is 15.5 Å². The fourth-order valence-electron chi connectivity index (χ4n) is 0.858. The number of carbonyl (C=O) groups excluding carboxylic acids is 1. The molecule has 0 radical (unpaired) electrons. The fraction of sp³-hybridized carbons (Fsp3) is 0.444. The van der Waals surface area contributed by atoms with Crippen molar-refractivity contribution in [1.29, 1.82) is 0 Å². The fourth-order valence-corrected chi connectivity index (χ4v) is 0.858. The van der Waals surface area contributed by atoms with E-state index in [4.69, 9.17) is 5.11 Å². The first kappa shape index (κ1) is 11.2. The van der Waals surface area contributed by atoms with E-state index in [1.165, 1.54) is 6.20 Å². The van der Waals surface area contributed by atoms with Crippen LogP contribution in [0.5, 0.6) is 0 Å².